The molecule has 0 saturated carbocycles. The fourth-order valence-corrected chi connectivity index (χ4v) is 3.71. The number of benzene rings is 1. The molecule has 0 radical (unpaired) electrons. The summed E-state index contributed by atoms with van der Waals surface area (Å²) in [5.41, 5.74) is 2.43. The van der Waals surface area contributed by atoms with E-state index in [1.54, 1.807) is 6.20 Å². The molecule has 5 heteroatoms. The zero-order chi connectivity index (χ0) is 18.4. The van der Waals surface area contributed by atoms with Crippen LogP contribution in [0, 0.1) is 6.92 Å². The second kappa shape index (κ2) is 8.88. The minimum atomic E-state index is 0.268. The lowest BCUT2D eigenvalue weighted by Crippen LogP contribution is -2.39. The summed E-state index contributed by atoms with van der Waals surface area (Å²) in [6, 6.07) is 6.31. The Bertz CT molecular complexity index is 712. The van der Waals surface area contributed by atoms with Gasteiger partial charge in [0.1, 0.15) is 11.6 Å². The Labute approximate surface area is 155 Å². The van der Waals surface area contributed by atoms with Crippen LogP contribution in [0.5, 0.6) is 5.75 Å². The van der Waals surface area contributed by atoms with Crippen LogP contribution in [0.1, 0.15) is 55.5 Å². The van der Waals surface area contributed by atoms with E-state index in [9.17, 15) is 4.79 Å². The van der Waals surface area contributed by atoms with Crippen molar-refractivity contribution in [2.24, 2.45) is 0 Å². The van der Waals surface area contributed by atoms with E-state index >= 15 is 0 Å². The maximum atomic E-state index is 12.6. The van der Waals surface area contributed by atoms with Crippen LogP contribution in [-0.4, -0.2) is 40.5 Å². The number of ether oxygens (including phenoxy) is 1. The molecule has 1 aromatic heterocycles. The zero-order valence-electron chi connectivity index (χ0n) is 15.8. The van der Waals surface area contributed by atoms with Crippen molar-refractivity contribution in [3.63, 3.8) is 0 Å². The molecule has 1 fully saturated rings. The van der Waals surface area contributed by atoms with Crippen molar-refractivity contribution in [1.29, 1.82) is 0 Å². The largest absolute Gasteiger partial charge is 0.494 e. The first-order valence-electron chi connectivity index (χ1n) is 9.66. The Balaban J connectivity index is 1.47. The number of H-pyrrole nitrogens is 1. The van der Waals surface area contributed by atoms with Gasteiger partial charge in [-0.3, -0.25) is 4.79 Å². The summed E-state index contributed by atoms with van der Waals surface area (Å²) in [5, 5.41) is 0. The number of carbonyl (C=O) groups excluding carboxylic acids is 1. The lowest BCUT2D eigenvalue weighted by Gasteiger charge is -2.32. The lowest BCUT2D eigenvalue weighted by atomic mass is 9.96. The van der Waals surface area contributed by atoms with Crippen molar-refractivity contribution in [3.8, 4) is 5.75 Å². The summed E-state index contributed by atoms with van der Waals surface area (Å²) in [5.74, 6) is 2.57. The normalized spacial score (nSPS) is 17.3. The van der Waals surface area contributed by atoms with E-state index in [1.807, 2.05) is 24.1 Å². The number of amides is 1. The lowest BCUT2D eigenvalue weighted by molar-refractivity contribution is -0.132. The van der Waals surface area contributed by atoms with E-state index in [0.717, 1.165) is 55.9 Å². The molecule has 1 saturated heterocycles. The molecular formula is C21H29N3O2. The molecule has 26 heavy (non-hydrogen) atoms. The molecule has 0 bridgehead atoms. The van der Waals surface area contributed by atoms with Crippen LogP contribution >= 0.6 is 0 Å². The number of likely N-dealkylation sites (tertiary alicyclic amines) is 1. The first-order chi connectivity index (χ1) is 12.7. The highest BCUT2D eigenvalue weighted by Gasteiger charge is 2.25. The predicted octanol–water partition coefficient (Wildman–Crippen LogP) is 3.85. The molecule has 0 unspecified atom stereocenters. The number of carbonyl (C=O) groups is 1. The maximum absolute atomic E-state index is 12.6. The number of aromatic amines is 1. The fourth-order valence-electron chi connectivity index (χ4n) is 3.71. The average molecular weight is 355 g/mol. The Morgan fingerprint density at radius 1 is 1.42 bits per heavy atom. The van der Waals surface area contributed by atoms with Gasteiger partial charge in [-0.05, 0) is 56.7 Å². The van der Waals surface area contributed by atoms with Crippen LogP contribution in [0.15, 0.2) is 30.6 Å². The standard InChI is InChI=1S/C21H29N3O2/c1-3-26-19-10-9-17(14-16(19)2)6-4-8-20(25)24-13-5-7-18(15-24)21-22-11-12-23-21/h9-12,14,18H,3-8,13,15H2,1-2H3,(H,22,23)/t18-/m1/s1. The molecule has 1 aromatic carbocycles. The summed E-state index contributed by atoms with van der Waals surface area (Å²) >= 11 is 0. The maximum Gasteiger partial charge on any atom is 0.222 e. The van der Waals surface area contributed by atoms with Gasteiger partial charge >= 0.3 is 0 Å². The summed E-state index contributed by atoms with van der Waals surface area (Å²) in [4.78, 5) is 22.1. The van der Waals surface area contributed by atoms with Crippen LogP contribution in [0.4, 0.5) is 0 Å². The molecule has 1 atom stereocenters. The molecule has 0 aliphatic carbocycles. The Morgan fingerprint density at radius 2 is 2.31 bits per heavy atom. The Morgan fingerprint density at radius 3 is 3.04 bits per heavy atom. The van der Waals surface area contributed by atoms with Gasteiger partial charge in [-0.1, -0.05) is 12.1 Å². The molecule has 140 valence electrons. The van der Waals surface area contributed by atoms with Gasteiger partial charge in [0, 0.05) is 37.8 Å². The topological polar surface area (TPSA) is 58.2 Å². The number of piperidine rings is 1. The summed E-state index contributed by atoms with van der Waals surface area (Å²) < 4.78 is 5.59. The summed E-state index contributed by atoms with van der Waals surface area (Å²) in [7, 11) is 0. The molecular weight excluding hydrogens is 326 g/mol. The molecule has 3 rings (SSSR count). The molecule has 5 nitrogen and oxygen atoms in total. The van der Waals surface area contributed by atoms with Crippen LogP contribution in [0.25, 0.3) is 0 Å². The van der Waals surface area contributed by atoms with Crippen LogP contribution in [0.2, 0.25) is 0 Å². The molecule has 2 heterocycles. The van der Waals surface area contributed by atoms with E-state index < -0.39 is 0 Å². The minimum absolute atomic E-state index is 0.268. The van der Waals surface area contributed by atoms with E-state index in [0.29, 0.717) is 18.9 Å². The first-order valence-corrected chi connectivity index (χ1v) is 9.66. The van der Waals surface area contributed by atoms with E-state index in [1.165, 1.54) is 5.56 Å². The molecule has 1 amide bonds. The van der Waals surface area contributed by atoms with Gasteiger partial charge in [0.05, 0.1) is 6.61 Å². The smallest absolute Gasteiger partial charge is 0.222 e. The van der Waals surface area contributed by atoms with Gasteiger partial charge in [-0.2, -0.15) is 0 Å². The van der Waals surface area contributed by atoms with Crippen molar-refractivity contribution < 1.29 is 9.53 Å². The van der Waals surface area contributed by atoms with Gasteiger partial charge in [0.15, 0.2) is 0 Å². The third-order valence-corrected chi connectivity index (χ3v) is 5.08. The first kappa shape index (κ1) is 18.5. The Kier molecular flexibility index (Phi) is 6.31. The SMILES string of the molecule is CCOc1ccc(CCCC(=O)N2CCC[C@@H](c3ncc[nH]3)C2)cc1C. The highest BCUT2D eigenvalue weighted by molar-refractivity contribution is 5.76. The number of imidazole rings is 1. The number of aromatic nitrogens is 2. The minimum Gasteiger partial charge on any atom is -0.494 e. The summed E-state index contributed by atoms with van der Waals surface area (Å²) in [6.07, 6.45) is 8.21. The predicted molar refractivity (Wildman–Crippen MR) is 102 cm³/mol. The van der Waals surface area contributed by atoms with E-state index in [4.69, 9.17) is 4.74 Å². The molecule has 2 aromatic rings. The number of hydrogen-bond donors (Lipinski definition) is 1. The number of nitrogens with zero attached hydrogens (tertiary/aromatic N) is 2. The molecule has 1 aliphatic heterocycles. The van der Waals surface area contributed by atoms with Gasteiger partial charge in [0.25, 0.3) is 0 Å². The monoisotopic (exact) mass is 355 g/mol. The second-order valence-corrected chi connectivity index (χ2v) is 7.04. The average Bonchev–Trinajstić information content (AvgIpc) is 3.19. The number of nitrogens with one attached hydrogen (secondary N) is 1. The highest BCUT2D eigenvalue weighted by atomic mass is 16.5. The second-order valence-electron chi connectivity index (χ2n) is 7.04. The highest BCUT2D eigenvalue weighted by Crippen LogP contribution is 2.25. The number of hydrogen-bond acceptors (Lipinski definition) is 3. The van der Waals surface area contributed by atoms with Crippen molar-refractivity contribution in [2.45, 2.75) is 51.9 Å². The van der Waals surface area contributed by atoms with E-state index in [2.05, 4.69) is 29.0 Å². The number of rotatable bonds is 7. The summed E-state index contributed by atoms with van der Waals surface area (Å²) in [6.45, 7) is 6.41. The zero-order valence-corrected chi connectivity index (χ0v) is 15.8. The van der Waals surface area contributed by atoms with Gasteiger partial charge in [-0.15, -0.1) is 0 Å². The van der Waals surface area contributed by atoms with Crippen LogP contribution < -0.4 is 4.74 Å². The van der Waals surface area contributed by atoms with Gasteiger partial charge in [0.2, 0.25) is 5.91 Å². The van der Waals surface area contributed by atoms with Crippen LogP contribution in [0.3, 0.4) is 0 Å². The van der Waals surface area contributed by atoms with Crippen molar-refractivity contribution in [1.82, 2.24) is 14.9 Å². The fraction of sp³-hybridized carbons (Fsp3) is 0.524. The quantitative estimate of drug-likeness (QED) is 0.821. The van der Waals surface area contributed by atoms with Crippen molar-refractivity contribution >= 4 is 5.91 Å². The van der Waals surface area contributed by atoms with Crippen molar-refractivity contribution in [2.75, 3.05) is 19.7 Å². The van der Waals surface area contributed by atoms with Crippen LogP contribution in [-0.2, 0) is 11.2 Å². The number of aryl methyl sites for hydroxylation is 2. The van der Waals surface area contributed by atoms with Gasteiger partial charge < -0.3 is 14.6 Å². The van der Waals surface area contributed by atoms with Gasteiger partial charge in [-0.25, -0.2) is 4.98 Å². The third-order valence-electron chi connectivity index (χ3n) is 5.08. The van der Waals surface area contributed by atoms with E-state index in [-0.39, 0.29) is 5.91 Å². The van der Waals surface area contributed by atoms with Crippen molar-refractivity contribution in [3.05, 3.63) is 47.5 Å². The molecule has 1 aliphatic rings. The Hall–Kier alpha value is -2.30. The molecule has 1 N–H and O–H groups in total. The third kappa shape index (κ3) is 4.65. The molecule has 0 spiro atoms.